The molecule has 1 aliphatic rings. The Labute approximate surface area is 57.4 Å². The fourth-order valence-electron chi connectivity index (χ4n) is 1.43. The van der Waals surface area contributed by atoms with E-state index in [1.54, 1.807) is 0 Å². The van der Waals surface area contributed by atoms with Crippen molar-refractivity contribution in [2.24, 2.45) is 11.8 Å². The molecular weight excluding hydrogens is 112 g/mol. The third-order valence-electron chi connectivity index (χ3n) is 2.07. The summed E-state index contributed by atoms with van der Waals surface area (Å²) in [6, 6.07) is 0. The van der Waals surface area contributed by atoms with E-state index in [0.717, 1.165) is 25.0 Å². The molecule has 0 N–H and O–H groups in total. The van der Waals surface area contributed by atoms with Gasteiger partial charge in [0.2, 0.25) is 0 Å². The first-order chi connectivity index (χ1) is 4.33. The summed E-state index contributed by atoms with van der Waals surface area (Å²) >= 11 is 0. The zero-order valence-electron chi connectivity index (χ0n) is 6.39. The van der Waals surface area contributed by atoms with E-state index in [-0.39, 0.29) is 0 Å². The van der Waals surface area contributed by atoms with Gasteiger partial charge in [0.15, 0.2) is 0 Å². The van der Waals surface area contributed by atoms with Gasteiger partial charge in [0.25, 0.3) is 0 Å². The predicted molar refractivity (Wildman–Crippen MR) is 38.4 cm³/mol. The van der Waals surface area contributed by atoms with E-state index < -0.39 is 0 Å². The van der Waals surface area contributed by atoms with E-state index >= 15 is 0 Å². The van der Waals surface area contributed by atoms with Crippen molar-refractivity contribution in [1.82, 2.24) is 0 Å². The van der Waals surface area contributed by atoms with Gasteiger partial charge in [0.05, 0.1) is 0 Å². The van der Waals surface area contributed by atoms with Gasteiger partial charge in [-0.25, -0.2) is 0 Å². The lowest BCUT2D eigenvalue weighted by Gasteiger charge is -2.25. The van der Waals surface area contributed by atoms with Gasteiger partial charge in [-0.15, -0.1) is 0 Å². The van der Waals surface area contributed by atoms with E-state index in [2.05, 4.69) is 13.8 Å². The molecule has 0 aromatic rings. The van der Waals surface area contributed by atoms with E-state index in [1.165, 1.54) is 12.8 Å². The highest BCUT2D eigenvalue weighted by molar-refractivity contribution is 4.65. The first-order valence-electron chi connectivity index (χ1n) is 3.90. The largest absolute Gasteiger partial charge is 0.381 e. The summed E-state index contributed by atoms with van der Waals surface area (Å²) in [5.41, 5.74) is 0. The predicted octanol–water partition coefficient (Wildman–Crippen LogP) is 2.07. The maximum atomic E-state index is 5.39. The van der Waals surface area contributed by atoms with Crippen LogP contribution in [0, 0.1) is 11.8 Å². The van der Waals surface area contributed by atoms with Crippen molar-refractivity contribution >= 4 is 0 Å². The zero-order valence-corrected chi connectivity index (χ0v) is 6.39. The molecule has 0 bridgehead atoms. The van der Waals surface area contributed by atoms with Crippen LogP contribution >= 0.6 is 0 Å². The molecular formula is C8H16O. The molecule has 1 nitrogen and oxygen atoms in total. The minimum Gasteiger partial charge on any atom is -0.381 e. The Morgan fingerprint density at radius 3 is 2.67 bits per heavy atom. The summed E-state index contributed by atoms with van der Waals surface area (Å²) in [6.07, 6.45) is 2.65. The Morgan fingerprint density at radius 2 is 2.22 bits per heavy atom. The molecule has 1 rings (SSSR count). The van der Waals surface area contributed by atoms with Gasteiger partial charge in [0.1, 0.15) is 0 Å². The molecule has 0 aromatic heterocycles. The van der Waals surface area contributed by atoms with Crippen molar-refractivity contribution in [2.75, 3.05) is 13.2 Å². The maximum absolute atomic E-state index is 5.39. The minimum atomic E-state index is 0.795. The molecule has 2 atom stereocenters. The lowest BCUT2D eigenvalue weighted by Crippen LogP contribution is -2.22. The standard InChI is InChI=1S/C8H16O/c1-3-8-4-7(2)5-9-6-8/h7-8H,3-6H2,1-2H3/t7-,8+/m0/s1. The highest BCUT2D eigenvalue weighted by Gasteiger charge is 2.16. The third-order valence-corrected chi connectivity index (χ3v) is 2.07. The fraction of sp³-hybridized carbons (Fsp3) is 1.00. The van der Waals surface area contributed by atoms with Gasteiger partial charge < -0.3 is 4.74 Å². The van der Waals surface area contributed by atoms with Crippen LogP contribution in [0.2, 0.25) is 0 Å². The van der Waals surface area contributed by atoms with Gasteiger partial charge in [-0.05, 0) is 18.3 Å². The summed E-state index contributed by atoms with van der Waals surface area (Å²) in [5.74, 6) is 1.64. The summed E-state index contributed by atoms with van der Waals surface area (Å²) < 4.78 is 5.39. The third kappa shape index (κ3) is 1.98. The lowest BCUT2D eigenvalue weighted by atomic mass is 9.93. The summed E-state index contributed by atoms with van der Waals surface area (Å²) in [6.45, 7) is 6.49. The van der Waals surface area contributed by atoms with E-state index in [1.807, 2.05) is 0 Å². The number of hydrogen-bond donors (Lipinski definition) is 0. The summed E-state index contributed by atoms with van der Waals surface area (Å²) in [4.78, 5) is 0. The first kappa shape index (κ1) is 7.07. The molecule has 54 valence electrons. The average Bonchev–Trinajstić information content (AvgIpc) is 1.88. The smallest absolute Gasteiger partial charge is 0.0494 e. The van der Waals surface area contributed by atoms with Crippen LogP contribution in [0.4, 0.5) is 0 Å². The van der Waals surface area contributed by atoms with Crippen LogP contribution in [0.1, 0.15) is 26.7 Å². The van der Waals surface area contributed by atoms with E-state index in [0.29, 0.717) is 0 Å². The van der Waals surface area contributed by atoms with E-state index in [4.69, 9.17) is 4.74 Å². The number of hydrogen-bond acceptors (Lipinski definition) is 1. The van der Waals surface area contributed by atoms with Crippen molar-refractivity contribution in [1.29, 1.82) is 0 Å². The van der Waals surface area contributed by atoms with Crippen molar-refractivity contribution < 1.29 is 4.74 Å². The number of ether oxygens (including phenoxy) is 1. The molecule has 0 amide bonds. The van der Waals surface area contributed by atoms with Crippen LogP contribution in [0.15, 0.2) is 0 Å². The van der Waals surface area contributed by atoms with Crippen LogP contribution in [0.3, 0.4) is 0 Å². The Morgan fingerprint density at radius 1 is 1.44 bits per heavy atom. The van der Waals surface area contributed by atoms with Crippen LogP contribution in [-0.4, -0.2) is 13.2 Å². The SMILES string of the molecule is CC[C@H]1COC[C@@H](C)C1. The molecule has 1 saturated heterocycles. The van der Waals surface area contributed by atoms with Crippen molar-refractivity contribution in [2.45, 2.75) is 26.7 Å². The number of rotatable bonds is 1. The van der Waals surface area contributed by atoms with Gasteiger partial charge in [-0.3, -0.25) is 0 Å². The van der Waals surface area contributed by atoms with Crippen LogP contribution in [0.5, 0.6) is 0 Å². The van der Waals surface area contributed by atoms with Gasteiger partial charge in [-0.1, -0.05) is 20.3 Å². The zero-order chi connectivity index (χ0) is 6.69. The van der Waals surface area contributed by atoms with E-state index in [9.17, 15) is 0 Å². The van der Waals surface area contributed by atoms with Crippen molar-refractivity contribution in [3.8, 4) is 0 Å². The molecule has 0 saturated carbocycles. The monoisotopic (exact) mass is 128 g/mol. The Kier molecular flexibility index (Phi) is 2.52. The maximum Gasteiger partial charge on any atom is 0.0494 e. The second kappa shape index (κ2) is 3.21. The molecule has 1 heteroatoms. The lowest BCUT2D eigenvalue weighted by molar-refractivity contribution is 0.0200. The van der Waals surface area contributed by atoms with Gasteiger partial charge in [0, 0.05) is 13.2 Å². The Balaban J connectivity index is 2.23. The molecule has 1 heterocycles. The molecule has 0 aliphatic carbocycles. The van der Waals surface area contributed by atoms with Crippen LogP contribution < -0.4 is 0 Å². The quantitative estimate of drug-likeness (QED) is 0.525. The molecule has 9 heavy (non-hydrogen) atoms. The highest BCUT2D eigenvalue weighted by atomic mass is 16.5. The summed E-state index contributed by atoms with van der Waals surface area (Å²) in [5, 5.41) is 0. The van der Waals surface area contributed by atoms with Crippen molar-refractivity contribution in [3.63, 3.8) is 0 Å². The Bertz CT molecular complexity index is 80.6. The average molecular weight is 128 g/mol. The molecule has 0 unspecified atom stereocenters. The summed E-state index contributed by atoms with van der Waals surface area (Å²) in [7, 11) is 0. The molecule has 0 radical (unpaired) electrons. The van der Waals surface area contributed by atoms with Gasteiger partial charge in [-0.2, -0.15) is 0 Å². The highest BCUT2D eigenvalue weighted by Crippen LogP contribution is 2.20. The topological polar surface area (TPSA) is 9.23 Å². The Hall–Kier alpha value is -0.0400. The molecule has 0 aromatic carbocycles. The molecule has 0 spiro atoms. The second-order valence-corrected chi connectivity index (χ2v) is 3.15. The first-order valence-corrected chi connectivity index (χ1v) is 3.90. The fourth-order valence-corrected chi connectivity index (χ4v) is 1.43. The van der Waals surface area contributed by atoms with Gasteiger partial charge >= 0.3 is 0 Å². The normalized spacial score (nSPS) is 36.7. The van der Waals surface area contributed by atoms with Crippen molar-refractivity contribution in [3.05, 3.63) is 0 Å². The molecule has 1 fully saturated rings. The minimum absolute atomic E-state index is 0.795. The van der Waals surface area contributed by atoms with Crippen LogP contribution in [0.25, 0.3) is 0 Å². The second-order valence-electron chi connectivity index (χ2n) is 3.15. The molecule has 1 aliphatic heterocycles. The van der Waals surface area contributed by atoms with Crippen LogP contribution in [-0.2, 0) is 4.74 Å².